The van der Waals surface area contributed by atoms with Crippen molar-refractivity contribution in [2.24, 2.45) is 5.84 Å². The van der Waals surface area contributed by atoms with Crippen LogP contribution in [0.2, 0.25) is 5.02 Å². The lowest BCUT2D eigenvalue weighted by atomic mass is 9.81. The molecule has 3 N–H and O–H groups in total. The Labute approximate surface area is 132 Å². The topological polar surface area (TPSA) is 38.0 Å². The molecule has 1 atom stereocenters. The van der Waals surface area contributed by atoms with Gasteiger partial charge in [0.05, 0.1) is 6.04 Å². The van der Waals surface area contributed by atoms with Gasteiger partial charge in [-0.3, -0.25) is 11.3 Å². The first kappa shape index (κ1) is 16.0. The molecule has 112 valence electrons. The number of nitrogens with one attached hydrogen (secondary N) is 1. The number of nitrogens with two attached hydrogens (primary N) is 1. The zero-order valence-electron chi connectivity index (χ0n) is 12.9. The standard InChI is InChI=1S/C18H23ClN2/c1-18(2,3)16-7-5-4-6-15(16)17(21-20)12-13-8-10-14(19)11-9-13/h4-11,17,21H,12,20H2,1-3H3. The minimum atomic E-state index is 0.0848. The van der Waals surface area contributed by atoms with Crippen LogP contribution in [0.1, 0.15) is 43.5 Å². The lowest BCUT2D eigenvalue weighted by Crippen LogP contribution is -2.31. The van der Waals surface area contributed by atoms with Crippen LogP contribution in [-0.4, -0.2) is 0 Å². The minimum absolute atomic E-state index is 0.0848. The van der Waals surface area contributed by atoms with Crippen LogP contribution in [0.25, 0.3) is 0 Å². The molecule has 0 amide bonds. The highest BCUT2D eigenvalue weighted by molar-refractivity contribution is 6.30. The van der Waals surface area contributed by atoms with Crippen LogP contribution in [0.5, 0.6) is 0 Å². The molecule has 0 aliphatic heterocycles. The molecular formula is C18H23ClN2. The van der Waals surface area contributed by atoms with Crippen LogP contribution in [0.3, 0.4) is 0 Å². The van der Waals surface area contributed by atoms with Gasteiger partial charge in [0.15, 0.2) is 0 Å². The normalized spacial score (nSPS) is 13.2. The number of rotatable bonds is 4. The first-order valence-electron chi connectivity index (χ1n) is 7.22. The molecule has 0 saturated heterocycles. The maximum absolute atomic E-state index is 5.94. The molecule has 0 spiro atoms. The van der Waals surface area contributed by atoms with Gasteiger partial charge >= 0.3 is 0 Å². The SMILES string of the molecule is CC(C)(C)c1ccccc1C(Cc1ccc(Cl)cc1)NN. The van der Waals surface area contributed by atoms with Gasteiger partial charge in [-0.2, -0.15) is 0 Å². The Balaban J connectivity index is 2.32. The van der Waals surface area contributed by atoms with Gasteiger partial charge in [0.25, 0.3) is 0 Å². The quantitative estimate of drug-likeness (QED) is 0.649. The molecule has 0 aliphatic carbocycles. The van der Waals surface area contributed by atoms with E-state index >= 15 is 0 Å². The molecular weight excluding hydrogens is 280 g/mol. The van der Waals surface area contributed by atoms with Crippen LogP contribution in [0.4, 0.5) is 0 Å². The first-order valence-corrected chi connectivity index (χ1v) is 7.59. The van der Waals surface area contributed by atoms with Crippen molar-refractivity contribution in [3.63, 3.8) is 0 Å². The Morgan fingerprint density at radius 1 is 1.05 bits per heavy atom. The first-order chi connectivity index (χ1) is 9.91. The Morgan fingerprint density at radius 3 is 2.24 bits per heavy atom. The van der Waals surface area contributed by atoms with Crippen molar-refractivity contribution in [2.45, 2.75) is 38.6 Å². The van der Waals surface area contributed by atoms with Gasteiger partial charge in [-0.1, -0.05) is 68.8 Å². The third kappa shape index (κ3) is 4.07. The monoisotopic (exact) mass is 302 g/mol. The third-order valence-electron chi connectivity index (χ3n) is 3.70. The Bertz CT molecular complexity index is 585. The fraction of sp³-hybridized carbons (Fsp3) is 0.333. The maximum Gasteiger partial charge on any atom is 0.0503 e. The Morgan fingerprint density at radius 2 is 1.67 bits per heavy atom. The van der Waals surface area contributed by atoms with E-state index in [0.29, 0.717) is 0 Å². The van der Waals surface area contributed by atoms with E-state index in [-0.39, 0.29) is 11.5 Å². The van der Waals surface area contributed by atoms with E-state index < -0.39 is 0 Å². The van der Waals surface area contributed by atoms with E-state index in [1.807, 2.05) is 24.3 Å². The van der Waals surface area contributed by atoms with Crippen LogP contribution in [0.15, 0.2) is 48.5 Å². The summed E-state index contributed by atoms with van der Waals surface area (Å²) in [5, 5.41) is 0.756. The number of hydrogen-bond acceptors (Lipinski definition) is 2. The average molecular weight is 303 g/mol. The van der Waals surface area contributed by atoms with E-state index in [4.69, 9.17) is 17.4 Å². The summed E-state index contributed by atoms with van der Waals surface area (Å²) in [7, 11) is 0. The van der Waals surface area contributed by atoms with E-state index in [1.54, 1.807) is 0 Å². The fourth-order valence-electron chi connectivity index (χ4n) is 2.60. The lowest BCUT2D eigenvalue weighted by molar-refractivity contribution is 0.518. The predicted octanol–water partition coefficient (Wildman–Crippen LogP) is 4.38. The third-order valence-corrected chi connectivity index (χ3v) is 3.95. The van der Waals surface area contributed by atoms with Crippen molar-refractivity contribution in [3.8, 4) is 0 Å². The molecule has 0 saturated carbocycles. The molecule has 0 aliphatic rings. The molecule has 21 heavy (non-hydrogen) atoms. The van der Waals surface area contributed by atoms with E-state index in [1.165, 1.54) is 16.7 Å². The zero-order valence-corrected chi connectivity index (χ0v) is 13.6. The number of halogens is 1. The van der Waals surface area contributed by atoms with E-state index in [2.05, 4.69) is 50.5 Å². The van der Waals surface area contributed by atoms with Gasteiger partial charge in [0, 0.05) is 5.02 Å². The largest absolute Gasteiger partial charge is 0.271 e. The second kappa shape index (κ2) is 6.61. The van der Waals surface area contributed by atoms with Gasteiger partial charge in [0.2, 0.25) is 0 Å². The van der Waals surface area contributed by atoms with Crippen molar-refractivity contribution in [3.05, 3.63) is 70.2 Å². The number of benzene rings is 2. The summed E-state index contributed by atoms with van der Waals surface area (Å²) in [6, 6.07) is 16.5. The van der Waals surface area contributed by atoms with Crippen LogP contribution in [-0.2, 0) is 11.8 Å². The summed E-state index contributed by atoms with van der Waals surface area (Å²) in [5.41, 5.74) is 6.84. The van der Waals surface area contributed by atoms with Gasteiger partial charge in [0.1, 0.15) is 0 Å². The lowest BCUT2D eigenvalue weighted by Gasteiger charge is -2.27. The molecule has 0 radical (unpaired) electrons. The van der Waals surface area contributed by atoms with Gasteiger partial charge in [-0.05, 0) is 40.7 Å². The summed E-state index contributed by atoms with van der Waals surface area (Å²) < 4.78 is 0. The molecule has 2 rings (SSSR count). The molecule has 2 nitrogen and oxygen atoms in total. The highest BCUT2D eigenvalue weighted by Gasteiger charge is 2.22. The highest BCUT2D eigenvalue weighted by Crippen LogP contribution is 2.30. The Hall–Kier alpha value is -1.35. The van der Waals surface area contributed by atoms with Gasteiger partial charge in [-0.15, -0.1) is 0 Å². The van der Waals surface area contributed by atoms with Gasteiger partial charge in [-0.25, -0.2) is 0 Å². The fourth-order valence-corrected chi connectivity index (χ4v) is 2.72. The molecule has 0 aromatic heterocycles. The maximum atomic E-state index is 5.94. The molecule has 2 aromatic carbocycles. The van der Waals surface area contributed by atoms with Crippen LogP contribution in [0, 0.1) is 0 Å². The van der Waals surface area contributed by atoms with Crippen LogP contribution >= 0.6 is 11.6 Å². The predicted molar refractivity (Wildman–Crippen MR) is 90.4 cm³/mol. The number of hydrogen-bond donors (Lipinski definition) is 2. The second-order valence-corrected chi connectivity index (χ2v) is 6.82. The average Bonchev–Trinajstić information content (AvgIpc) is 2.46. The van der Waals surface area contributed by atoms with Crippen molar-refractivity contribution in [1.29, 1.82) is 0 Å². The number of hydrazine groups is 1. The summed E-state index contributed by atoms with van der Waals surface area (Å²) in [6.07, 6.45) is 0.834. The molecule has 0 heterocycles. The van der Waals surface area contributed by atoms with Crippen molar-refractivity contribution in [2.75, 3.05) is 0 Å². The summed E-state index contributed by atoms with van der Waals surface area (Å²) in [4.78, 5) is 0. The summed E-state index contributed by atoms with van der Waals surface area (Å²) in [5.74, 6) is 5.82. The van der Waals surface area contributed by atoms with E-state index in [9.17, 15) is 0 Å². The smallest absolute Gasteiger partial charge is 0.0503 e. The molecule has 1 unspecified atom stereocenters. The summed E-state index contributed by atoms with van der Waals surface area (Å²) in [6.45, 7) is 6.67. The highest BCUT2D eigenvalue weighted by atomic mass is 35.5. The summed E-state index contributed by atoms with van der Waals surface area (Å²) >= 11 is 5.94. The molecule has 2 aromatic rings. The van der Waals surface area contributed by atoms with Crippen molar-refractivity contribution < 1.29 is 0 Å². The molecule has 3 heteroatoms. The Kier molecular flexibility index (Phi) is 5.04. The van der Waals surface area contributed by atoms with Crippen molar-refractivity contribution >= 4 is 11.6 Å². The molecule has 0 bridgehead atoms. The minimum Gasteiger partial charge on any atom is -0.271 e. The molecule has 0 fully saturated rings. The van der Waals surface area contributed by atoms with Crippen molar-refractivity contribution in [1.82, 2.24) is 5.43 Å². The zero-order chi connectivity index (χ0) is 15.5. The van der Waals surface area contributed by atoms with E-state index in [0.717, 1.165) is 11.4 Å². The van der Waals surface area contributed by atoms with Crippen LogP contribution < -0.4 is 11.3 Å². The second-order valence-electron chi connectivity index (χ2n) is 6.39. The van der Waals surface area contributed by atoms with Gasteiger partial charge < -0.3 is 0 Å².